The first-order valence-corrected chi connectivity index (χ1v) is 8.69. The highest BCUT2D eigenvalue weighted by Crippen LogP contribution is 2.22. The predicted molar refractivity (Wildman–Crippen MR) is 98.2 cm³/mol. The molecule has 0 radical (unpaired) electrons. The second-order valence-electron chi connectivity index (χ2n) is 6.58. The molecule has 0 spiro atoms. The molecule has 1 N–H and O–H groups in total. The van der Waals surface area contributed by atoms with E-state index >= 15 is 0 Å². The zero-order chi connectivity index (χ0) is 20.3. The Morgan fingerprint density at radius 2 is 2.07 bits per heavy atom. The highest BCUT2D eigenvalue weighted by Gasteiger charge is 2.29. The van der Waals surface area contributed by atoms with Crippen molar-refractivity contribution in [2.75, 3.05) is 32.5 Å². The normalized spacial score (nSPS) is 16.0. The van der Waals surface area contributed by atoms with E-state index in [4.69, 9.17) is 4.74 Å². The molecular formula is C19H20F2N4O3. The van der Waals surface area contributed by atoms with E-state index in [0.717, 1.165) is 6.07 Å². The summed E-state index contributed by atoms with van der Waals surface area (Å²) in [5, 5.41) is 2.42. The number of hydrogen-bond acceptors (Lipinski definition) is 4. The van der Waals surface area contributed by atoms with E-state index in [1.165, 1.54) is 22.1 Å². The number of urea groups is 1. The minimum absolute atomic E-state index is 0.0978. The largest absolute Gasteiger partial charge is 0.472 e. The molecule has 1 aliphatic heterocycles. The van der Waals surface area contributed by atoms with Gasteiger partial charge in [-0.25, -0.2) is 18.6 Å². The van der Waals surface area contributed by atoms with Crippen LogP contribution in [-0.4, -0.2) is 60.0 Å². The van der Waals surface area contributed by atoms with Gasteiger partial charge in [-0.1, -0.05) is 0 Å². The summed E-state index contributed by atoms with van der Waals surface area (Å²) in [6.45, 7) is 0.643. The minimum atomic E-state index is -0.847. The second kappa shape index (κ2) is 8.20. The number of hydrogen-bond donors (Lipinski definition) is 1. The molecule has 1 aliphatic rings. The molecule has 0 bridgehead atoms. The molecule has 0 aliphatic carbocycles. The molecule has 1 aromatic carbocycles. The molecule has 1 aromatic heterocycles. The van der Waals surface area contributed by atoms with E-state index < -0.39 is 17.7 Å². The fourth-order valence-corrected chi connectivity index (χ4v) is 2.84. The molecule has 2 aromatic rings. The number of likely N-dealkylation sites (tertiary alicyclic amines) is 1. The Labute approximate surface area is 160 Å². The Kier molecular flexibility index (Phi) is 5.72. The van der Waals surface area contributed by atoms with Crippen LogP contribution < -0.4 is 10.1 Å². The second-order valence-corrected chi connectivity index (χ2v) is 6.58. The van der Waals surface area contributed by atoms with E-state index in [1.807, 2.05) is 0 Å². The van der Waals surface area contributed by atoms with Gasteiger partial charge in [0.15, 0.2) is 0 Å². The zero-order valence-electron chi connectivity index (χ0n) is 15.5. The molecule has 148 valence electrons. The number of benzene rings is 1. The maximum absolute atomic E-state index is 13.7. The van der Waals surface area contributed by atoms with Crippen LogP contribution in [0.2, 0.25) is 0 Å². The van der Waals surface area contributed by atoms with Gasteiger partial charge < -0.3 is 19.9 Å². The van der Waals surface area contributed by atoms with Crippen molar-refractivity contribution in [2.45, 2.75) is 12.5 Å². The van der Waals surface area contributed by atoms with Crippen molar-refractivity contribution in [3.8, 4) is 5.88 Å². The van der Waals surface area contributed by atoms with Crippen LogP contribution in [0.3, 0.4) is 0 Å². The average Bonchev–Trinajstić information content (AvgIpc) is 3.12. The first kappa shape index (κ1) is 19.5. The Balaban J connectivity index is 1.63. The van der Waals surface area contributed by atoms with Crippen LogP contribution in [0.4, 0.5) is 19.3 Å². The van der Waals surface area contributed by atoms with Crippen molar-refractivity contribution < 1.29 is 23.1 Å². The number of halogens is 2. The van der Waals surface area contributed by atoms with E-state index in [0.29, 0.717) is 24.6 Å². The number of nitrogens with zero attached hydrogens (tertiary/aromatic N) is 3. The van der Waals surface area contributed by atoms with Gasteiger partial charge in [-0.15, -0.1) is 0 Å². The lowest BCUT2D eigenvalue weighted by Gasteiger charge is -2.19. The quantitative estimate of drug-likeness (QED) is 0.871. The molecule has 1 fully saturated rings. The molecular weight excluding hydrogens is 370 g/mol. The van der Waals surface area contributed by atoms with Crippen LogP contribution in [0.1, 0.15) is 16.8 Å². The van der Waals surface area contributed by atoms with Crippen molar-refractivity contribution in [3.63, 3.8) is 0 Å². The van der Waals surface area contributed by atoms with Gasteiger partial charge in [0.1, 0.15) is 23.3 Å². The SMILES string of the molecule is CN(C)C(=O)c1cccnc1OC1CCN(C(=O)Nc2ccc(F)cc2F)C1. The summed E-state index contributed by atoms with van der Waals surface area (Å²) >= 11 is 0. The third kappa shape index (κ3) is 4.36. The predicted octanol–water partition coefficient (Wildman–Crippen LogP) is 2.75. The highest BCUT2D eigenvalue weighted by molar-refractivity contribution is 5.96. The molecule has 3 rings (SSSR count). The number of rotatable bonds is 4. The highest BCUT2D eigenvalue weighted by atomic mass is 19.1. The number of amides is 3. The van der Waals surface area contributed by atoms with Gasteiger partial charge in [-0.2, -0.15) is 0 Å². The van der Waals surface area contributed by atoms with Gasteiger partial charge in [-0.05, 0) is 24.3 Å². The fraction of sp³-hybridized carbons (Fsp3) is 0.316. The van der Waals surface area contributed by atoms with Crippen molar-refractivity contribution in [3.05, 3.63) is 53.7 Å². The summed E-state index contributed by atoms with van der Waals surface area (Å²) in [6, 6.07) is 5.70. The Morgan fingerprint density at radius 1 is 1.29 bits per heavy atom. The van der Waals surface area contributed by atoms with Crippen LogP contribution in [0.15, 0.2) is 36.5 Å². The molecule has 7 nitrogen and oxygen atoms in total. The third-order valence-corrected chi connectivity index (χ3v) is 4.29. The molecule has 0 saturated carbocycles. The first-order valence-electron chi connectivity index (χ1n) is 8.69. The average molecular weight is 390 g/mol. The Bertz CT molecular complexity index is 891. The third-order valence-electron chi connectivity index (χ3n) is 4.29. The molecule has 2 heterocycles. The van der Waals surface area contributed by atoms with Crippen LogP contribution in [-0.2, 0) is 0 Å². The first-order chi connectivity index (χ1) is 13.3. The van der Waals surface area contributed by atoms with E-state index in [-0.39, 0.29) is 30.1 Å². The Hall–Kier alpha value is -3.23. The van der Waals surface area contributed by atoms with Crippen molar-refractivity contribution in [1.29, 1.82) is 0 Å². The van der Waals surface area contributed by atoms with Gasteiger partial charge in [0.05, 0.1) is 12.2 Å². The lowest BCUT2D eigenvalue weighted by atomic mass is 10.2. The number of pyridine rings is 1. The summed E-state index contributed by atoms with van der Waals surface area (Å²) in [5.74, 6) is -1.59. The summed E-state index contributed by atoms with van der Waals surface area (Å²) in [4.78, 5) is 31.6. The molecule has 28 heavy (non-hydrogen) atoms. The van der Waals surface area contributed by atoms with Gasteiger partial charge in [0, 0.05) is 39.3 Å². The topological polar surface area (TPSA) is 74.8 Å². The fourth-order valence-electron chi connectivity index (χ4n) is 2.84. The van der Waals surface area contributed by atoms with Crippen LogP contribution >= 0.6 is 0 Å². The van der Waals surface area contributed by atoms with E-state index in [2.05, 4.69) is 10.3 Å². The Morgan fingerprint density at radius 3 is 2.79 bits per heavy atom. The van der Waals surface area contributed by atoms with Gasteiger partial charge in [0.2, 0.25) is 5.88 Å². The number of carbonyl (C=O) groups is 2. The van der Waals surface area contributed by atoms with Crippen LogP contribution in [0.25, 0.3) is 0 Å². The van der Waals surface area contributed by atoms with Gasteiger partial charge in [-0.3, -0.25) is 4.79 Å². The smallest absolute Gasteiger partial charge is 0.322 e. The summed E-state index contributed by atoms with van der Waals surface area (Å²) < 4.78 is 32.5. The summed E-state index contributed by atoms with van der Waals surface area (Å²) in [6.07, 6.45) is 1.71. The van der Waals surface area contributed by atoms with Gasteiger partial charge in [0.25, 0.3) is 5.91 Å². The molecule has 1 atom stereocenters. The number of nitrogens with one attached hydrogen (secondary N) is 1. The monoisotopic (exact) mass is 390 g/mol. The van der Waals surface area contributed by atoms with Crippen molar-refractivity contribution in [2.24, 2.45) is 0 Å². The molecule has 1 saturated heterocycles. The minimum Gasteiger partial charge on any atom is -0.472 e. The number of ether oxygens (including phenoxy) is 1. The lowest BCUT2D eigenvalue weighted by Crippen LogP contribution is -2.35. The number of anilines is 1. The maximum atomic E-state index is 13.7. The summed E-state index contributed by atoms with van der Waals surface area (Å²) in [7, 11) is 3.27. The van der Waals surface area contributed by atoms with Crippen molar-refractivity contribution >= 4 is 17.6 Å². The standard InChI is InChI=1S/C19H20F2N4O3/c1-24(2)18(26)14-4-3-8-22-17(14)28-13-7-9-25(11-13)19(27)23-16-6-5-12(20)10-15(16)21/h3-6,8,10,13H,7,9,11H2,1-2H3,(H,23,27). The molecule has 1 unspecified atom stereocenters. The van der Waals surface area contributed by atoms with Gasteiger partial charge >= 0.3 is 6.03 Å². The zero-order valence-corrected chi connectivity index (χ0v) is 15.5. The number of carbonyl (C=O) groups excluding carboxylic acids is 2. The van der Waals surface area contributed by atoms with E-state index in [9.17, 15) is 18.4 Å². The van der Waals surface area contributed by atoms with E-state index in [1.54, 1.807) is 26.2 Å². The molecule has 3 amide bonds. The maximum Gasteiger partial charge on any atom is 0.322 e. The number of aromatic nitrogens is 1. The summed E-state index contributed by atoms with van der Waals surface area (Å²) in [5.41, 5.74) is 0.239. The molecule has 9 heteroatoms. The lowest BCUT2D eigenvalue weighted by molar-refractivity contribution is 0.0818. The van der Waals surface area contributed by atoms with Crippen LogP contribution in [0.5, 0.6) is 5.88 Å². The van der Waals surface area contributed by atoms with Crippen LogP contribution in [0, 0.1) is 11.6 Å². The van der Waals surface area contributed by atoms with Crippen molar-refractivity contribution in [1.82, 2.24) is 14.8 Å².